The number of carbonyl (C=O) groups excluding carboxylic acids is 2. The Morgan fingerprint density at radius 2 is 1.55 bits per heavy atom. The summed E-state index contributed by atoms with van der Waals surface area (Å²) in [5.41, 5.74) is 3.59. The minimum atomic E-state index is -0.237. The summed E-state index contributed by atoms with van der Waals surface area (Å²) in [5, 5.41) is 2.89. The number of benzene rings is 3. The number of hydrogen-bond acceptors (Lipinski definition) is 4. The molecule has 0 saturated heterocycles. The molecule has 0 heterocycles. The maximum Gasteiger partial charge on any atom is 0.255 e. The largest absolute Gasteiger partial charge is 0.496 e. The molecule has 0 radical (unpaired) electrons. The quantitative estimate of drug-likeness (QED) is 0.375. The molecule has 0 saturated carbocycles. The molecule has 0 atom stereocenters. The number of amides is 1. The van der Waals surface area contributed by atoms with E-state index in [1.165, 1.54) is 7.11 Å². The van der Waals surface area contributed by atoms with Crippen molar-refractivity contribution in [2.45, 2.75) is 26.7 Å². The number of nitrogens with one attached hydrogen (secondary N) is 1. The topological polar surface area (TPSA) is 64.6 Å². The second-order valence-electron chi connectivity index (χ2n) is 8.83. The van der Waals surface area contributed by atoms with Crippen molar-refractivity contribution in [1.29, 1.82) is 0 Å². The smallest absolute Gasteiger partial charge is 0.255 e. The molecule has 0 bridgehead atoms. The minimum Gasteiger partial charge on any atom is -0.496 e. The number of methoxy groups -OCH3 is 2. The van der Waals surface area contributed by atoms with Crippen LogP contribution in [0.2, 0.25) is 0 Å². The van der Waals surface area contributed by atoms with E-state index in [9.17, 15) is 9.59 Å². The monoisotopic (exact) mass is 445 g/mol. The predicted molar refractivity (Wildman–Crippen MR) is 132 cm³/mol. The lowest BCUT2D eigenvalue weighted by atomic mass is 9.87. The molecule has 0 spiro atoms. The molecule has 5 heteroatoms. The van der Waals surface area contributed by atoms with Gasteiger partial charge in [0.25, 0.3) is 5.91 Å². The Morgan fingerprint density at radius 3 is 2.18 bits per heavy atom. The van der Waals surface area contributed by atoms with Gasteiger partial charge in [-0.2, -0.15) is 0 Å². The Bertz CT molecular complexity index is 1090. The Kier molecular flexibility index (Phi) is 8.01. The highest BCUT2D eigenvalue weighted by atomic mass is 16.5. The molecule has 5 nitrogen and oxygen atoms in total. The molecule has 1 N–H and O–H groups in total. The Hall–Kier alpha value is -3.44. The van der Waals surface area contributed by atoms with Gasteiger partial charge < -0.3 is 14.8 Å². The van der Waals surface area contributed by atoms with E-state index in [1.807, 2.05) is 42.5 Å². The van der Waals surface area contributed by atoms with Crippen LogP contribution in [0, 0.1) is 5.41 Å². The molecule has 0 aliphatic carbocycles. The summed E-state index contributed by atoms with van der Waals surface area (Å²) in [5.74, 6) is 0.230. The number of anilines is 1. The summed E-state index contributed by atoms with van der Waals surface area (Å²) in [6, 6.07) is 22.6. The first kappa shape index (κ1) is 24.2. The standard InChI is InChI=1S/C28H31NO4/c1-28(2,19-32-3)17-16-25(30)24-18-23(14-15-26(24)33-4)29-27(31)22-12-10-21(11-13-22)20-8-6-5-7-9-20/h5-15,18H,16-17,19H2,1-4H3,(H,29,31). The average molecular weight is 446 g/mol. The van der Waals surface area contributed by atoms with Gasteiger partial charge in [0.05, 0.1) is 19.3 Å². The SMILES string of the molecule is COCC(C)(C)CCC(=O)c1cc(NC(=O)c2ccc(-c3ccccc3)cc2)ccc1OC. The van der Waals surface area contributed by atoms with Crippen LogP contribution in [0.15, 0.2) is 72.8 Å². The maximum absolute atomic E-state index is 12.9. The van der Waals surface area contributed by atoms with E-state index in [1.54, 1.807) is 37.4 Å². The van der Waals surface area contributed by atoms with E-state index in [0.717, 1.165) is 11.1 Å². The van der Waals surface area contributed by atoms with E-state index in [2.05, 4.69) is 19.2 Å². The highest BCUT2D eigenvalue weighted by molar-refractivity contribution is 6.06. The summed E-state index contributed by atoms with van der Waals surface area (Å²) in [7, 11) is 3.20. The third-order valence-corrected chi connectivity index (χ3v) is 5.58. The zero-order valence-corrected chi connectivity index (χ0v) is 19.7. The van der Waals surface area contributed by atoms with Crippen LogP contribution in [0.1, 0.15) is 47.4 Å². The molecule has 0 aromatic heterocycles. The molecule has 3 rings (SSSR count). The van der Waals surface area contributed by atoms with Gasteiger partial charge >= 0.3 is 0 Å². The van der Waals surface area contributed by atoms with E-state index >= 15 is 0 Å². The van der Waals surface area contributed by atoms with Gasteiger partial charge in [0.1, 0.15) is 5.75 Å². The normalized spacial score (nSPS) is 11.2. The van der Waals surface area contributed by atoms with E-state index in [0.29, 0.717) is 42.0 Å². The van der Waals surface area contributed by atoms with Crippen LogP contribution >= 0.6 is 0 Å². The maximum atomic E-state index is 12.9. The van der Waals surface area contributed by atoms with Gasteiger partial charge in [-0.05, 0) is 53.3 Å². The van der Waals surface area contributed by atoms with Crippen LogP contribution in [0.4, 0.5) is 5.69 Å². The lowest BCUT2D eigenvalue weighted by Gasteiger charge is -2.23. The van der Waals surface area contributed by atoms with Gasteiger partial charge in [0.2, 0.25) is 0 Å². The molecule has 0 aliphatic heterocycles. The molecular weight excluding hydrogens is 414 g/mol. The van der Waals surface area contributed by atoms with Crippen molar-refractivity contribution in [3.8, 4) is 16.9 Å². The van der Waals surface area contributed by atoms with Crippen molar-refractivity contribution in [3.05, 3.63) is 83.9 Å². The molecule has 33 heavy (non-hydrogen) atoms. The molecular formula is C28H31NO4. The average Bonchev–Trinajstić information content (AvgIpc) is 2.83. The summed E-state index contributed by atoms with van der Waals surface area (Å²) in [6.45, 7) is 4.72. The fourth-order valence-electron chi connectivity index (χ4n) is 3.70. The number of carbonyl (C=O) groups is 2. The number of Topliss-reactive ketones (excluding diaryl/α,β-unsaturated/α-hetero) is 1. The fraction of sp³-hybridized carbons (Fsp3) is 0.286. The lowest BCUT2D eigenvalue weighted by molar-refractivity contribution is 0.0840. The highest BCUT2D eigenvalue weighted by Crippen LogP contribution is 2.28. The lowest BCUT2D eigenvalue weighted by Crippen LogP contribution is -2.20. The van der Waals surface area contributed by atoms with Crippen molar-refractivity contribution in [3.63, 3.8) is 0 Å². The van der Waals surface area contributed by atoms with Crippen LogP contribution in [-0.4, -0.2) is 32.5 Å². The van der Waals surface area contributed by atoms with E-state index in [-0.39, 0.29) is 17.1 Å². The van der Waals surface area contributed by atoms with Crippen LogP contribution in [0.5, 0.6) is 5.75 Å². The molecule has 172 valence electrons. The van der Waals surface area contributed by atoms with Gasteiger partial charge in [-0.3, -0.25) is 9.59 Å². The fourth-order valence-corrected chi connectivity index (χ4v) is 3.70. The van der Waals surface area contributed by atoms with Gasteiger partial charge in [-0.15, -0.1) is 0 Å². The van der Waals surface area contributed by atoms with E-state index in [4.69, 9.17) is 9.47 Å². The summed E-state index contributed by atoms with van der Waals surface area (Å²) < 4.78 is 10.6. The predicted octanol–water partition coefficient (Wildman–Crippen LogP) is 6.25. The van der Waals surface area contributed by atoms with Gasteiger partial charge in [0.15, 0.2) is 5.78 Å². The molecule has 3 aromatic rings. The summed E-state index contributed by atoms with van der Waals surface area (Å²) in [4.78, 5) is 25.7. The molecule has 1 amide bonds. The zero-order chi connectivity index (χ0) is 23.8. The van der Waals surface area contributed by atoms with Gasteiger partial charge in [-0.25, -0.2) is 0 Å². The Morgan fingerprint density at radius 1 is 0.879 bits per heavy atom. The number of ether oxygens (including phenoxy) is 2. The summed E-state index contributed by atoms with van der Waals surface area (Å²) >= 11 is 0. The molecule has 0 aliphatic rings. The number of ketones is 1. The Labute approximate surface area is 195 Å². The van der Waals surface area contributed by atoms with Gasteiger partial charge in [-0.1, -0.05) is 56.3 Å². The van der Waals surface area contributed by atoms with Crippen molar-refractivity contribution >= 4 is 17.4 Å². The number of hydrogen-bond donors (Lipinski definition) is 1. The van der Waals surface area contributed by atoms with Crippen molar-refractivity contribution in [2.75, 3.05) is 26.1 Å². The first-order chi connectivity index (χ1) is 15.8. The third-order valence-electron chi connectivity index (χ3n) is 5.58. The van der Waals surface area contributed by atoms with Crippen LogP contribution in [0.3, 0.4) is 0 Å². The minimum absolute atomic E-state index is 0.0284. The van der Waals surface area contributed by atoms with Gasteiger partial charge in [0, 0.05) is 24.8 Å². The Balaban J connectivity index is 1.72. The van der Waals surface area contributed by atoms with Crippen LogP contribution < -0.4 is 10.1 Å². The second kappa shape index (κ2) is 10.9. The first-order valence-corrected chi connectivity index (χ1v) is 11.0. The number of rotatable bonds is 10. The zero-order valence-electron chi connectivity index (χ0n) is 19.7. The first-order valence-electron chi connectivity index (χ1n) is 11.0. The van der Waals surface area contributed by atoms with Crippen LogP contribution in [-0.2, 0) is 4.74 Å². The van der Waals surface area contributed by atoms with Crippen molar-refractivity contribution < 1.29 is 19.1 Å². The van der Waals surface area contributed by atoms with E-state index < -0.39 is 0 Å². The second-order valence-corrected chi connectivity index (χ2v) is 8.83. The summed E-state index contributed by atoms with van der Waals surface area (Å²) in [6.07, 6.45) is 1.05. The highest BCUT2D eigenvalue weighted by Gasteiger charge is 2.21. The molecule has 0 unspecified atom stereocenters. The molecule has 0 fully saturated rings. The molecule has 3 aromatic carbocycles. The van der Waals surface area contributed by atoms with Crippen molar-refractivity contribution in [1.82, 2.24) is 0 Å². The third kappa shape index (κ3) is 6.53. The van der Waals surface area contributed by atoms with Crippen molar-refractivity contribution in [2.24, 2.45) is 5.41 Å². The van der Waals surface area contributed by atoms with Crippen LogP contribution in [0.25, 0.3) is 11.1 Å².